The molecule has 21 heavy (non-hydrogen) atoms. The van der Waals surface area contributed by atoms with Gasteiger partial charge in [0, 0.05) is 11.6 Å². The number of nitrogens with two attached hydrogens (primary N) is 1. The normalized spacial score (nSPS) is 13.7. The molecule has 1 unspecified atom stereocenters. The summed E-state index contributed by atoms with van der Waals surface area (Å²) in [6.07, 6.45) is 4.49. The minimum atomic E-state index is 0.0638. The molecule has 1 aromatic carbocycles. The number of likely N-dealkylation sites (N-methyl/N-ethyl adjacent to an activating group) is 1. The van der Waals surface area contributed by atoms with Gasteiger partial charge < -0.3 is 5.73 Å². The van der Waals surface area contributed by atoms with Gasteiger partial charge in [0.15, 0.2) is 0 Å². The van der Waals surface area contributed by atoms with Gasteiger partial charge in [0.2, 0.25) is 0 Å². The summed E-state index contributed by atoms with van der Waals surface area (Å²) >= 11 is 0. The number of hydrogen-bond acceptors (Lipinski definition) is 2. The van der Waals surface area contributed by atoms with Crippen LogP contribution in [0.25, 0.3) is 0 Å². The van der Waals surface area contributed by atoms with Crippen LogP contribution >= 0.6 is 0 Å². The van der Waals surface area contributed by atoms with Crippen LogP contribution in [0.15, 0.2) is 24.3 Å². The Labute approximate surface area is 131 Å². The summed E-state index contributed by atoms with van der Waals surface area (Å²) in [4.78, 5) is 2.55. The lowest BCUT2D eigenvalue weighted by Gasteiger charge is -2.46. The molecule has 0 amide bonds. The number of hydrogen-bond donors (Lipinski definition) is 1. The second-order valence-electron chi connectivity index (χ2n) is 5.96. The Bertz CT molecular complexity index is 406. The molecule has 1 rings (SSSR count). The second-order valence-corrected chi connectivity index (χ2v) is 5.96. The maximum absolute atomic E-state index is 6.77. The average molecular weight is 290 g/mol. The first-order valence-corrected chi connectivity index (χ1v) is 8.68. The number of rotatable bonds is 9. The molecule has 0 aliphatic heterocycles. The first kappa shape index (κ1) is 18.2. The smallest absolute Gasteiger partial charge is 0.0482 e. The highest BCUT2D eigenvalue weighted by Gasteiger charge is 2.38. The summed E-state index contributed by atoms with van der Waals surface area (Å²) in [6, 6.07) is 8.98. The second kappa shape index (κ2) is 8.55. The van der Waals surface area contributed by atoms with Crippen LogP contribution in [-0.2, 0) is 6.42 Å². The van der Waals surface area contributed by atoms with E-state index in [0.29, 0.717) is 0 Å². The van der Waals surface area contributed by atoms with Crippen molar-refractivity contribution < 1.29 is 0 Å². The quantitative estimate of drug-likeness (QED) is 0.723. The zero-order valence-electron chi connectivity index (χ0n) is 14.7. The standard InChI is InChI=1S/C19H34N2/c1-6-12-16-13-11-14-17(15-16)18(20)19(7-2,8-3)21(9-4)10-5/h11,13-15,18H,6-10,12,20H2,1-5H3. The van der Waals surface area contributed by atoms with Crippen molar-refractivity contribution in [3.8, 4) is 0 Å². The third-order valence-electron chi connectivity index (χ3n) is 5.05. The molecule has 0 saturated carbocycles. The van der Waals surface area contributed by atoms with Gasteiger partial charge >= 0.3 is 0 Å². The van der Waals surface area contributed by atoms with E-state index in [2.05, 4.69) is 63.8 Å². The van der Waals surface area contributed by atoms with E-state index in [1.54, 1.807) is 0 Å². The van der Waals surface area contributed by atoms with Gasteiger partial charge in [-0.25, -0.2) is 0 Å². The molecule has 0 aromatic heterocycles. The van der Waals surface area contributed by atoms with Crippen LogP contribution in [0.5, 0.6) is 0 Å². The molecule has 0 spiro atoms. The summed E-state index contributed by atoms with van der Waals surface area (Å²) in [7, 11) is 0. The molecule has 0 aliphatic carbocycles. The van der Waals surface area contributed by atoms with Crippen LogP contribution in [0.2, 0.25) is 0 Å². The Balaban J connectivity index is 3.16. The lowest BCUT2D eigenvalue weighted by molar-refractivity contribution is 0.0625. The van der Waals surface area contributed by atoms with Crippen molar-refractivity contribution >= 4 is 0 Å². The number of benzene rings is 1. The van der Waals surface area contributed by atoms with Crippen LogP contribution in [-0.4, -0.2) is 23.5 Å². The van der Waals surface area contributed by atoms with Crippen molar-refractivity contribution in [2.24, 2.45) is 5.73 Å². The monoisotopic (exact) mass is 290 g/mol. The lowest BCUT2D eigenvalue weighted by atomic mass is 9.79. The van der Waals surface area contributed by atoms with Crippen molar-refractivity contribution in [2.75, 3.05) is 13.1 Å². The summed E-state index contributed by atoms with van der Waals surface area (Å²) < 4.78 is 0. The predicted molar refractivity (Wildman–Crippen MR) is 93.6 cm³/mol. The highest BCUT2D eigenvalue weighted by Crippen LogP contribution is 2.36. The van der Waals surface area contributed by atoms with Gasteiger partial charge in [-0.05, 0) is 43.5 Å². The molecular weight excluding hydrogens is 256 g/mol. The zero-order valence-corrected chi connectivity index (χ0v) is 14.7. The van der Waals surface area contributed by atoms with Gasteiger partial charge in [-0.2, -0.15) is 0 Å². The van der Waals surface area contributed by atoms with E-state index in [9.17, 15) is 0 Å². The van der Waals surface area contributed by atoms with Gasteiger partial charge in [0.1, 0.15) is 0 Å². The van der Waals surface area contributed by atoms with Crippen LogP contribution in [0.3, 0.4) is 0 Å². The highest BCUT2D eigenvalue weighted by molar-refractivity contribution is 5.28. The minimum Gasteiger partial charge on any atom is -0.322 e. The Morgan fingerprint density at radius 1 is 1.05 bits per heavy atom. The molecular formula is C19H34N2. The van der Waals surface area contributed by atoms with Gasteiger partial charge in [0.05, 0.1) is 0 Å². The van der Waals surface area contributed by atoms with Gasteiger partial charge in [-0.1, -0.05) is 65.3 Å². The number of nitrogens with zero attached hydrogens (tertiary/aromatic N) is 1. The molecule has 0 radical (unpaired) electrons. The fraction of sp³-hybridized carbons (Fsp3) is 0.684. The largest absolute Gasteiger partial charge is 0.322 e. The summed E-state index contributed by atoms with van der Waals surface area (Å²) in [5.74, 6) is 0. The molecule has 2 N–H and O–H groups in total. The van der Waals surface area contributed by atoms with Crippen molar-refractivity contribution in [2.45, 2.75) is 71.9 Å². The molecule has 2 nitrogen and oxygen atoms in total. The van der Waals surface area contributed by atoms with Crippen LogP contribution in [0, 0.1) is 0 Å². The molecule has 0 fully saturated rings. The molecule has 0 aliphatic rings. The first-order valence-electron chi connectivity index (χ1n) is 8.68. The van der Waals surface area contributed by atoms with Crippen molar-refractivity contribution in [3.63, 3.8) is 0 Å². The number of aryl methyl sites for hydroxylation is 1. The van der Waals surface area contributed by atoms with Gasteiger partial charge in [-0.3, -0.25) is 4.90 Å². The SMILES string of the molecule is CCCc1cccc(C(N)C(CC)(CC)N(CC)CC)c1. The summed E-state index contributed by atoms with van der Waals surface area (Å²) in [5, 5.41) is 0. The van der Waals surface area contributed by atoms with Crippen molar-refractivity contribution in [1.82, 2.24) is 4.90 Å². The topological polar surface area (TPSA) is 29.3 Å². The third-order valence-corrected chi connectivity index (χ3v) is 5.05. The average Bonchev–Trinajstić information content (AvgIpc) is 2.52. The van der Waals surface area contributed by atoms with Crippen molar-refractivity contribution in [3.05, 3.63) is 35.4 Å². The van der Waals surface area contributed by atoms with E-state index in [4.69, 9.17) is 5.73 Å². The summed E-state index contributed by atoms with van der Waals surface area (Å²) in [5.41, 5.74) is 9.53. The van der Waals surface area contributed by atoms with E-state index in [0.717, 1.165) is 32.4 Å². The Kier molecular flexibility index (Phi) is 7.41. The van der Waals surface area contributed by atoms with Crippen molar-refractivity contribution in [1.29, 1.82) is 0 Å². The molecule has 2 heteroatoms. The lowest BCUT2D eigenvalue weighted by Crippen LogP contribution is -2.54. The molecule has 0 bridgehead atoms. The predicted octanol–water partition coefficient (Wildman–Crippen LogP) is 4.54. The maximum Gasteiger partial charge on any atom is 0.0482 e. The Hall–Kier alpha value is -0.860. The van der Waals surface area contributed by atoms with E-state index in [-0.39, 0.29) is 11.6 Å². The fourth-order valence-corrected chi connectivity index (χ4v) is 3.73. The Morgan fingerprint density at radius 2 is 1.67 bits per heavy atom. The first-order chi connectivity index (χ1) is 10.1. The van der Waals surface area contributed by atoms with Crippen LogP contribution in [0.1, 0.15) is 71.0 Å². The molecule has 1 atom stereocenters. The minimum absolute atomic E-state index is 0.0638. The molecule has 0 heterocycles. The van der Waals surface area contributed by atoms with Gasteiger partial charge in [0.25, 0.3) is 0 Å². The van der Waals surface area contributed by atoms with Gasteiger partial charge in [-0.15, -0.1) is 0 Å². The summed E-state index contributed by atoms with van der Waals surface area (Å²) in [6.45, 7) is 13.4. The van der Waals surface area contributed by atoms with Crippen LogP contribution < -0.4 is 5.73 Å². The zero-order chi connectivity index (χ0) is 15.9. The highest BCUT2D eigenvalue weighted by atomic mass is 15.2. The molecule has 1 aromatic rings. The fourth-order valence-electron chi connectivity index (χ4n) is 3.73. The van der Waals surface area contributed by atoms with E-state index < -0.39 is 0 Å². The van der Waals surface area contributed by atoms with E-state index in [1.807, 2.05) is 0 Å². The molecule has 120 valence electrons. The van der Waals surface area contributed by atoms with Crippen LogP contribution in [0.4, 0.5) is 0 Å². The maximum atomic E-state index is 6.77. The third kappa shape index (κ3) is 3.87. The van der Waals surface area contributed by atoms with E-state index in [1.165, 1.54) is 17.5 Å². The Morgan fingerprint density at radius 3 is 2.14 bits per heavy atom. The molecule has 0 saturated heterocycles. The van der Waals surface area contributed by atoms with E-state index >= 15 is 0 Å².